The smallest absolute Gasteiger partial charge is 0.243 e. The Bertz CT molecular complexity index is 789. The molecule has 36 heavy (non-hydrogen) atoms. The van der Waals surface area contributed by atoms with Gasteiger partial charge in [0, 0.05) is 12.0 Å². The van der Waals surface area contributed by atoms with Crippen molar-refractivity contribution < 1.29 is 9.59 Å². The Hall–Kier alpha value is -1.88. The van der Waals surface area contributed by atoms with Crippen LogP contribution in [0.15, 0.2) is 24.3 Å². The van der Waals surface area contributed by atoms with E-state index < -0.39 is 6.04 Å². The molecule has 1 saturated carbocycles. The number of carbonyl (C=O) groups is 2. The van der Waals surface area contributed by atoms with Gasteiger partial charge in [0.1, 0.15) is 6.04 Å². The lowest BCUT2D eigenvalue weighted by molar-refractivity contribution is -0.131. The van der Waals surface area contributed by atoms with Gasteiger partial charge < -0.3 is 16.0 Å². The predicted molar refractivity (Wildman–Crippen MR) is 151 cm³/mol. The van der Waals surface area contributed by atoms with Crippen LogP contribution in [0, 0.1) is 17.8 Å². The van der Waals surface area contributed by atoms with Gasteiger partial charge in [-0.1, -0.05) is 77.6 Å². The molecule has 0 aromatic heterocycles. The summed E-state index contributed by atoms with van der Waals surface area (Å²) in [6.07, 6.45) is 10.2. The molecule has 2 atom stereocenters. The van der Waals surface area contributed by atoms with Crippen LogP contribution in [0.3, 0.4) is 0 Å². The molecule has 1 aromatic carbocycles. The van der Waals surface area contributed by atoms with Gasteiger partial charge in [0.2, 0.25) is 11.8 Å². The minimum atomic E-state index is -0.609. The molecule has 2 amide bonds. The second kappa shape index (κ2) is 14.8. The van der Waals surface area contributed by atoms with Crippen molar-refractivity contribution in [3.05, 3.63) is 35.4 Å². The van der Waals surface area contributed by atoms with Gasteiger partial charge in [-0.25, -0.2) is 0 Å². The number of nitrogens with one attached hydrogen (secondary N) is 3. The van der Waals surface area contributed by atoms with E-state index >= 15 is 0 Å². The number of rotatable bonds is 14. The van der Waals surface area contributed by atoms with Gasteiger partial charge in [-0.2, -0.15) is 0 Å². The van der Waals surface area contributed by atoms with Crippen LogP contribution >= 0.6 is 0 Å². The largest absolute Gasteiger partial charge is 0.350 e. The van der Waals surface area contributed by atoms with Crippen LogP contribution in [0.2, 0.25) is 0 Å². The van der Waals surface area contributed by atoms with E-state index in [0.717, 1.165) is 37.3 Å². The van der Waals surface area contributed by atoms with Crippen LogP contribution in [-0.4, -0.2) is 36.0 Å². The van der Waals surface area contributed by atoms with Crippen molar-refractivity contribution in [2.75, 3.05) is 6.54 Å². The third kappa shape index (κ3) is 11.9. The number of hydrogen-bond donors (Lipinski definition) is 3. The van der Waals surface area contributed by atoms with E-state index in [0.29, 0.717) is 18.3 Å². The standard InChI is InChI=1S/C31H53N3O2/c1-22(2)18-19-32-27(20-23(3)4)29(35)33-28(30(36)34-31(5,6)7)21-26-16-14-25(15-17-26)13-12-24-10-8-9-11-24/h14-17,22-24,27-28,32H,8-13,18-21H2,1-7H3,(H,33,35)(H,34,36)/t27-,28+/m0/s1. The van der Waals surface area contributed by atoms with E-state index in [9.17, 15) is 9.59 Å². The molecule has 0 bridgehead atoms. The number of amides is 2. The zero-order valence-electron chi connectivity index (χ0n) is 24.1. The molecule has 1 aromatic rings. The molecule has 0 saturated heterocycles. The van der Waals surface area contributed by atoms with Gasteiger partial charge in [0.15, 0.2) is 0 Å². The zero-order chi connectivity index (χ0) is 26.7. The molecular formula is C31H53N3O2. The van der Waals surface area contributed by atoms with Gasteiger partial charge >= 0.3 is 0 Å². The van der Waals surface area contributed by atoms with E-state index in [-0.39, 0.29) is 23.4 Å². The molecule has 5 heteroatoms. The van der Waals surface area contributed by atoms with Crippen molar-refractivity contribution in [1.29, 1.82) is 0 Å². The molecule has 2 rings (SSSR count). The summed E-state index contributed by atoms with van der Waals surface area (Å²) in [7, 11) is 0. The maximum Gasteiger partial charge on any atom is 0.243 e. The Morgan fingerprint density at radius 2 is 1.50 bits per heavy atom. The zero-order valence-corrected chi connectivity index (χ0v) is 24.1. The molecule has 1 aliphatic rings. The van der Waals surface area contributed by atoms with Crippen LogP contribution in [0.25, 0.3) is 0 Å². The van der Waals surface area contributed by atoms with E-state index in [1.54, 1.807) is 0 Å². The molecule has 3 N–H and O–H groups in total. The summed E-state index contributed by atoms with van der Waals surface area (Å²) >= 11 is 0. The average molecular weight is 500 g/mol. The molecular weight excluding hydrogens is 446 g/mol. The second-order valence-corrected chi connectivity index (χ2v) is 12.8. The number of aryl methyl sites for hydroxylation is 1. The second-order valence-electron chi connectivity index (χ2n) is 12.8. The predicted octanol–water partition coefficient (Wildman–Crippen LogP) is 5.80. The van der Waals surface area contributed by atoms with Gasteiger partial charge in [0.25, 0.3) is 0 Å². The van der Waals surface area contributed by atoms with Gasteiger partial charge in [-0.05, 0) is 81.9 Å². The average Bonchev–Trinajstić information content (AvgIpc) is 3.29. The summed E-state index contributed by atoms with van der Waals surface area (Å²) in [5, 5.41) is 9.61. The van der Waals surface area contributed by atoms with Crippen molar-refractivity contribution in [3.8, 4) is 0 Å². The highest BCUT2D eigenvalue weighted by atomic mass is 16.2. The van der Waals surface area contributed by atoms with E-state index in [4.69, 9.17) is 0 Å². The lowest BCUT2D eigenvalue weighted by atomic mass is 9.96. The fourth-order valence-corrected chi connectivity index (χ4v) is 4.99. The Morgan fingerprint density at radius 1 is 0.889 bits per heavy atom. The third-order valence-corrected chi connectivity index (χ3v) is 7.05. The first-order valence-electron chi connectivity index (χ1n) is 14.4. The molecule has 5 nitrogen and oxygen atoms in total. The van der Waals surface area contributed by atoms with Crippen molar-refractivity contribution >= 4 is 11.8 Å². The van der Waals surface area contributed by atoms with Crippen LogP contribution in [0.5, 0.6) is 0 Å². The molecule has 0 unspecified atom stereocenters. The highest BCUT2D eigenvalue weighted by Gasteiger charge is 2.28. The monoisotopic (exact) mass is 499 g/mol. The number of benzene rings is 1. The maximum absolute atomic E-state index is 13.3. The van der Waals surface area contributed by atoms with Crippen molar-refractivity contribution in [2.24, 2.45) is 17.8 Å². The van der Waals surface area contributed by atoms with E-state index in [1.165, 1.54) is 37.7 Å². The molecule has 0 aliphatic heterocycles. The van der Waals surface area contributed by atoms with Gasteiger partial charge in [-0.3, -0.25) is 9.59 Å². The topological polar surface area (TPSA) is 70.2 Å². The minimum Gasteiger partial charge on any atom is -0.350 e. The fourth-order valence-electron chi connectivity index (χ4n) is 4.99. The summed E-state index contributed by atoms with van der Waals surface area (Å²) in [5.74, 6) is 1.62. The molecule has 0 heterocycles. The number of hydrogen-bond acceptors (Lipinski definition) is 3. The Kier molecular flexibility index (Phi) is 12.4. The van der Waals surface area contributed by atoms with Crippen LogP contribution in [0.4, 0.5) is 0 Å². The minimum absolute atomic E-state index is 0.0882. The summed E-state index contributed by atoms with van der Waals surface area (Å²) in [5.41, 5.74) is 2.07. The molecule has 1 aliphatic carbocycles. The summed E-state index contributed by atoms with van der Waals surface area (Å²) < 4.78 is 0. The van der Waals surface area contributed by atoms with Crippen LogP contribution in [0.1, 0.15) is 105 Å². The van der Waals surface area contributed by atoms with Crippen LogP contribution in [-0.2, 0) is 22.4 Å². The Balaban J connectivity index is 2.07. The first kappa shape index (κ1) is 30.3. The first-order valence-corrected chi connectivity index (χ1v) is 14.4. The summed E-state index contributed by atoms with van der Waals surface area (Å²) in [6, 6.07) is 7.73. The van der Waals surface area contributed by atoms with E-state index in [1.807, 2.05) is 20.8 Å². The first-order chi connectivity index (χ1) is 16.9. The fraction of sp³-hybridized carbons (Fsp3) is 0.742. The van der Waals surface area contributed by atoms with Crippen molar-refractivity contribution in [2.45, 2.75) is 124 Å². The lowest BCUT2D eigenvalue weighted by Crippen LogP contribution is -2.56. The Labute approximate surface area is 221 Å². The summed E-state index contributed by atoms with van der Waals surface area (Å²) in [4.78, 5) is 26.6. The van der Waals surface area contributed by atoms with Gasteiger partial charge in [0.05, 0.1) is 6.04 Å². The Morgan fingerprint density at radius 3 is 2.06 bits per heavy atom. The molecule has 204 valence electrons. The molecule has 1 fully saturated rings. The van der Waals surface area contributed by atoms with Crippen molar-refractivity contribution in [1.82, 2.24) is 16.0 Å². The molecule has 0 radical (unpaired) electrons. The normalized spacial score (nSPS) is 16.4. The van der Waals surface area contributed by atoms with Crippen molar-refractivity contribution in [3.63, 3.8) is 0 Å². The highest BCUT2D eigenvalue weighted by molar-refractivity contribution is 5.90. The van der Waals surface area contributed by atoms with Crippen LogP contribution < -0.4 is 16.0 Å². The lowest BCUT2D eigenvalue weighted by Gasteiger charge is -2.28. The quantitative estimate of drug-likeness (QED) is 0.303. The third-order valence-electron chi connectivity index (χ3n) is 7.05. The highest BCUT2D eigenvalue weighted by Crippen LogP contribution is 2.28. The number of carbonyl (C=O) groups excluding carboxylic acids is 2. The SMILES string of the molecule is CC(C)CCN[C@@H](CC(C)C)C(=O)N[C@H](Cc1ccc(CCC2CCCC2)cc1)C(=O)NC(C)(C)C. The molecule has 0 spiro atoms. The van der Waals surface area contributed by atoms with E-state index in [2.05, 4.69) is 67.9 Å². The summed E-state index contributed by atoms with van der Waals surface area (Å²) in [6.45, 7) is 15.3. The van der Waals surface area contributed by atoms with Gasteiger partial charge in [-0.15, -0.1) is 0 Å². The maximum atomic E-state index is 13.3.